The van der Waals surface area contributed by atoms with Gasteiger partial charge in [-0.25, -0.2) is 4.39 Å². The van der Waals surface area contributed by atoms with Crippen LogP contribution in [0.2, 0.25) is 18.1 Å². The molecule has 0 amide bonds. The first-order valence-electron chi connectivity index (χ1n) is 7.88. The van der Waals surface area contributed by atoms with Gasteiger partial charge in [0.1, 0.15) is 13.2 Å². The molecule has 0 spiro atoms. The molecule has 4 nitrogen and oxygen atoms in total. The molecule has 0 saturated heterocycles. The van der Waals surface area contributed by atoms with Crippen molar-refractivity contribution in [3.63, 3.8) is 0 Å². The number of halogens is 1. The number of hydrogen-bond donors (Lipinski definition) is 0. The maximum absolute atomic E-state index is 14.0. The number of hydrogen-bond acceptors (Lipinski definition) is 4. The molecule has 1 aromatic carbocycles. The Hall–Kier alpha value is -1.40. The van der Waals surface area contributed by atoms with Gasteiger partial charge in [0.15, 0.2) is 31.4 Å². The zero-order chi connectivity index (χ0) is 17.3. The third-order valence-electron chi connectivity index (χ3n) is 4.52. The Kier molecular flexibility index (Phi) is 5.16. The van der Waals surface area contributed by atoms with Gasteiger partial charge < -0.3 is 13.9 Å². The smallest absolute Gasteiger partial charge is 0.197 e. The van der Waals surface area contributed by atoms with Gasteiger partial charge in [-0.1, -0.05) is 20.8 Å². The van der Waals surface area contributed by atoms with Crippen molar-refractivity contribution in [2.45, 2.75) is 45.3 Å². The highest BCUT2D eigenvalue weighted by atomic mass is 28.4. The summed E-state index contributed by atoms with van der Waals surface area (Å²) in [6.07, 6.45) is 0.228. The van der Waals surface area contributed by atoms with E-state index in [1.807, 2.05) is 0 Å². The van der Waals surface area contributed by atoms with Crippen molar-refractivity contribution >= 4 is 14.1 Å². The number of Topliss-reactive ketones (excluding diaryl/α,β-unsaturated/α-hetero) is 1. The molecule has 23 heavy (non-hydrogen) atoms. The average molecular weight is 340 g/mol. The lowest BCUT2D eigenvalue weighted by Gasteiger charge is -2.36. The molecule has 1 aromatic rings. The number of fused-ring (bicyclic) bond motifs is 1. The molecular formula is C17H25FO4Si. The normalized spacial score (nSPS) is 14.7. The number of benzene rings is 1. The van der Waals surface area contributed by atoms with Gasteiger partial charge in [-0.05, 0) is 30.3 Å². The molecule has 0 saturated carbocycles. The third kappa shape index (κ3) is 4.12. The van der Waals surface area contributed by atoms with E-state index in [0.29, 0.717) is 31.1 Å². The second-order valence-corrected chi connectivity index (χ2v) is 12.1. The second kappa shape index (κ2) is 6.61. The summed E-state index contributed by atoms with van der Waals surface area (Å²) in [6, 6.07) is 2.76. The molecule has 2 rings (SSSR count). The number of carbonyl (C=O) groups is 1. The molecule has 0 fully saturated rings. The highest BCUT2D eigenvalue weighted by Crippen LogP contribution is 2.37. The maximum Gasteiger partial charge on any atom is 0.197 e. The first-order chi connectivity index (χ1) is 10.6. The molecule has 1 heterocycles. The van der Waals surface area contributed by atoms with Gasteiger partial charge in [0.05, 0.1) is 0 Å². The van der Waals surface area contributed by atoms with Gasteiger partial charge in [0.2, 0.25) is 0 Å². The minimum atomic E-state index is -1.88. The van der Waals surface area contributed by atoms with Crippen LogP contribution in [-0.2, 0) is 4.43 Å². The summed E-state index contributed by atoms with van der Waals surface area (Å²) in [5, 5.41) is 0.0964. The van der Waals surface area contributed by atoms with Crippen molar-refractivity contribution in [3.8, 4) is 11.5 Å². The van der Waals surface area contributed by atoms with Crippen molar-refractivity contribution in [2.75, 3.05) is 19.8 Å². The Labute approximate surface area is 138 Å². The highest BCUT2D eigenvalue weighted by Gasteiger charge is 2.37. The fourth-order valence-corrected chi connectivity index (χ4v) is 3.08. The van der Waals surface area contributed by atoms with Gasteiger partial charge in [-0.3, -0.25) is 4.79 Å². The molecule has 0 bridgehead atoms. The fraction of sp³-hybridized carbons (Fsp3) is 0.588. The summed E-state index contributed by atoms with van der Waals surface area (Å²) in [5.41, 5.74) is 0.297. The average Bonchev–Trinajstić information content (AvgIpc) is 2.45. The number of carbonyl (C=O) groups excluding carboxylic acids is 1. The van der Waals surface area contributed by atoms with Crippen molar-refractivity contribution in [1.82, 2.24) is 0 Å². The van der Waals surface area contributed by atoms with E-state index in [1.54, 1.807) is 6.07 Å². The van der Waals surface area contributed by atoms with Gasteiger partial charge in [-0.2, -0.15) is 0 Å². The van der Waals surface area contributed by atoms with Crippen LogP contribution in [0.5, 0.6) is 11.5 Å². The van der Waals surface area contributed by atoms with Crippen LogP contribution in [-0.4, -0.2) is 33.9 Å². The van der Waals surface area contributed by atoms with E-state index in [2.05, 4.69) is 33.9 Å². The van der Waals surface area contributed by atoms with Crippen LogP contribution >= 0.6 is 0 Å². The summed E-state index contributed by atoms with van der Waals surface area (Å²) in [5.74, 6) is -0.328. The Bertz CT molecular complexity index is 593. The van der Waals surface area contributed by atoms with Crippen molar-refractivity contribution < 1.29 is 23.1 Å². The van der Waals surface area contributed by atoms with Crippen LogP contribution in [0.25, 0.3) is 0 Å². The molecule has 0 aromatic heterocycles. The van der Waals surface area contributed by atoms with E-state index >= 15 is 0 Å². The van der Waals surface area contributed by atoms with E-state index in [-0.39, 0.29) is 23.0 Å². The topological polar surface area (TPSA) is 44.8 Å². The Balaban J connectivity index is 2.00. The standard InChI is InChI=1S/C17H25FO4Si/c1-17(2,3)23(4,5)22-7-6-14(19)12-10-13(18)16-15(11-12)20-8-9-21-16/h10-11H,6-9H2,1-5H3. The molecule has 0 atom stereocenters. The molecule has 1 aliphatic heterocycles. The van der Waals surface area contributed by atoms with Crippen LogP contribution in [0, 0.1) is 5.82 Å². The summed E-state index contributed by atoms with van der Waals surface area (Å²) in [7, 11) is -1.88. The lowest BCUT2D eigenvalue weighted by Crippen LogP contribution is -2.41. The van der Waals surface area contributed by atoms with Crippen LogP contribution in [0.4, 0.5) is 4.39 Å². The van der Waals surface area contributed by atoms with Crippen molar-refractivity contribution in [2.24, 2.45) is 0 Å². The molecule has 1 aliphatic rings. The van der Waals surface area contributed by atoms with Crippen molar-refractivity contribution in [3.05, 3.63) is 23.5 Å². The van der Waals surface area contributed by atoms with Crippen LogP contribution in [0.3, 0.4) is 0 Å². The monoisotopic (exact) mass is 340 g/mol. The first-order valence-corrected chi connectivity index (χ1v) is 10.8. The van der Waals surface area contributed by atoms with E-state index in [4.69, 9.17) is 13.9 Å². The molecule has 0 unspecified atom stereocenters. The predicted octanol–water partition coefficient (Wildman–Crippen LogP) is 4.19. The van der Waals surface area contributed by atoms with E-state index in [9.17, 15) is 9.18 Å². The minimum Gasteiger partial charge on any atom is -0.486 e. The molecule has 6 heteroatoms. The summed E-state index contributed by atoms with van der Waals surface area (Å²) in [4.78, 5) is 12.3. The number of rotatable bonds is 5. The zero-order valence-electron chi connectivity index (χ0n) is 14.5. The van der Waals surface area contributed by atoms with Crippen LogP contribution < -0.4 is 9.47 Å². The summed E-state index contributed by atoms with van der Waals surface area (Å²) in [6.45, 7) is 11.8. The lowest BCUT2D eigenvalue weighted by molar-refractivity contribution is 0.0956. The van der Waals surface area contributed by atoms with Crippen LogP contribution in [0.15, 0.2) is 12.1 Å². The van der Waals surface area contributed by atoms with E-state index in [1.165, 1.54) is 6.07 Å². The molecule has 0 N–H and O–H groups in total. The van der Waals surface area contributed by atoms with E-state index < -0.39 is 14.1 Å². The second-order valence-electron chi connectivity index (χ2n) is 7.26. The van der Waals surface area contributed by atoms with Gasteiger partial charge in [0.25, 0.3) is 0 Å². The third-order valence-corrected chi connectivity index (χ3v) is 9.06. The van der Waals surface area contributed by atoms with Gasteiger partial charge in [0, 0.05) is 18.6 Å². The molecule has 0 radical (unpaired) electrons. The summed E-state index contributed by atoms with van der Waals surface area (Å²) < 4.78 is 30.6. The van der Waals surface area contributed by atoms with Gasteiger partial charge >= 0.3 is 0 Å². The fourth-order valence-electron chi connectivity index (χ4n) is 2.03. The van der Waals surface area contributed by atoms with Crippen LogP contribution in [0.1, 0.15) is 37.6 Å². The highest BCUT2D eigenvalue weighted by molar-refractivity contribution is 6.74. The number of ether oxygens (including phenoxy) is 2. The largest absolute Gasteiger partial charge is 0.486 e. The maximum atomic E-state index is 14.0. The Morgan fingerprint density at radius 3 is 2.57 bits per heavy atom. The quantitative estimate of drug-likeness (QED) is 0.595. The Morgan fingerprint density at radius 2 is 1.91 bits per heavy atom. The first kappa shape index (κ1) is 17.9. The van der Waals surface area contributed by atoms with Gasteiger partial charge in [-0.15, -0.1) is 0 Å². The van der Waals surface area contributed by atoms with E-state index in [0.717, 1.165) is 0 Å². The SMILES string of the molecule is CC(C)(C)[Si](C)(C)OCCC(=O)c1cc(F)c2c(c1)OCCO2. The summed E-state index contributed by atoms with van der Waals surface area (Å²) >= 11 is 0. The predicted molar refractivity (Wildman–Crippen MR) is 89.5 cm³/mol. The minimum absolute atomic E-state index is 0.0883. The van der Waals surface area contributed by atoms with Crippen molar-refractivity contribution in [1.29, 1.82) is 0 Å². The molecule has 128 valence electrons. The molecule has 0 aliphatic carbocycles. The molecular weight excluding hydrogens is 315 g/mol. The Morgan fingerprint density at radius 1 is 1.26 bits per heavy atom. The lowest BCUT2D eigenvalue weighted by atomic mass is 10.1. The zero-order valence-corrected chi connectivity index (χ0v) is 15.5. The number of ketones is 1.